The van der Waals surface area contributed by atoms with E-state index in [-0.39, 0.29) is 11.8 Å². The van der Waals surface area contributed by atoms with E-state index in [9.17, 15) is 4.79 Å². The molecule has 4 aromatic rings. The number of nitrogens with one attached hydrogen (secondary N) is 1. The Labute approximate surface area is 209 Å². The van der Waals surface area contributed by atoms with E-state index in [0.717, 1.165) is 53.0 Å². The summed E-state index contributed by atoms with van der Waals surface area (Å²) in [5.41, 5.74) is 2.57. The molecule has 182 valence electrons. The van der Waals surface area contributed by atoms with Gasteiger partial charge >= 0.3 is 0 Å². The Bertz CT molecular complexity index is 1380. The van der Waals surface area contributed by atoms with Crippen molar-refractivity contribution in [3.05, 3.63) is 85.3 Å². The number of nitrogens with zero attached hydrogens (tertiary/aromatic N) is 4. The van der Waals surface area contributed by atoms with Crippen LogP contribution < -0.4 is 14.8 Å². The third-order valence-electron chi connectivity index (χ3n) is 6.30. The monoisotopic (exact) mass is 481 g/mol. The summed E-state index contributed by atoms with van der Waals surface area (Å²) in [6.07, 6.45) is 6.49. The van der Waals surface area contributed by atoms with Gasteiger partial charge in [-0.3, -0.25) is 4.79 Å². The Morgan fingerprint density at radius 2 is 2.00 bits per heavy atom. The Kier molecular flexibility index (Phi) is 6.75. The van der Waals surface area contributed by atoms with Crippen molar-refractivity contribution in [2.75, 3.05) is 25.5 Å². The fraction of sp³-hybridized carbons (Fsp3) is 0.214. The van der Waals surface area contributed by atoms with E-state index in [4.69, 9.17) is 9.47 Å². The molecule has 1 fully saturated rings. The number of pyridine rings is 1. The minimum absolute atomic E-state index is 0.0441. The Morgan fingerprint density at radius 3 is 2.75 bits per heavy atom. The SMILES string of the molecule is C=CC(=O)N1CCC[C@@H](c2cc3c(Nc4ccc(Oc5ccccc5)nc4)ncnc3cc2OC)C1. The van der Waals surface area contributed by atoms with Crippen LogP contribution >= 0.6 is 0 Å². The Balaban J connectivity index is 1.42. The number of ether oxygens (including phenoxy) is 2. The van der Waals surface area contributed by atoms with E-state index in [1.54, 1.807) is 19.4 Å². The maximum absolute atomic E-state index is 12.2. The summed E-state index contributed by atoms with van der Waals surface area (Å²) < 4.78 is 11.5. The fourth-order valence-corrected chi connectivity index (χ4v) is 4.52. The third-order valence-corrected chi connectivity index (χ3v) is 6.30. The van der Waals surface area contributed by atoms with Crippen molar-refractivity contribution in [1.29, 1.82) is 0 Å². The van der Waals surface area contributed by atoms with Crippen LogP contribution in [-0.2, 0) is 4.79 Å². The summed E-state index contributed by atoms with van der Waals surface area (Å²) in [5.74, 6) is 2.75. The summed E-state index contributed by atoms with van der Waals surface area (Å²) in [7, 11) is 1.66. The van der Waals surface area contributed by atoms with Gasteiger partial charge in [0.15, 0.2) is 0 Å². The van der Waals surface area contributed by atoms with Crippen LogP contribution in [0.3, 0.4) is 0 Å². The number of piperidine rings is 1. The van der Waals surface area contributed by atoms with E-state index >= 15 is 0 Å². The van der Waals surface area contributed by atoms with Gasteiger partial charge in [0.1, 0.15) is 23.6 Å². The van der Waals surface area contributed by atoms with E-state index < -0.39 is 0 Å². The van der Waals surface area contributed by atoms with E-state index in [2.05, 4.69) is 32.9 Å². The number of fused-ring (bicyclic) bond motifs is 1. The number of benzene rings is 2. The summed E-state index contributed by atoms with van der Waals surface area (Å²) in [4.78, 5) is 27.4. The second kappa shape index (κ2) is 10.4. The van der Waals surface area contributed by atoms with Gasteiger partial charge in [-0.1, -0.05) is 24.8 Å². The molecule has 5 rings (SSSR count). The molecule has 8 heteroatoms. The molecule has 3 heterocycles. The second-order valence-electron chi connectivity index (χ2n) is 8.59. The Hall–Kier alpha value is -4.46. The number of amides is 1. The zero-order valence-corrected chi connectivity index (χ0v) is 20.1. The smallest absolute Gasteiger partial charge is 0.245 e. The largest absolute Gasteiger partial charge is 0.496 e. The summed E-state index contributed by atoms with van der Waals surface area (Å²) in [6.45, 7) is 4.99. The molecule has 2 aromatic carbocycles. The third kappa shape index (κ3) is 4.98. The number of aromatic nitrogens is 3. The van der Waals surface area contributed by atoms with Crippen molar-refractivity contribution in [2.24, 2.45) is 0 Å². The average Bonchev–Trinajstić information content (AvgIpc) is 2.93. The zero-order chi connectivity index (χ0) is 24.9. The van der Waals surface area contributed by atoms with Crippen molar-refractivity contribution in [1.82, 2.24) is 19.9 Å². The quantitative estimate of drug-likeness (QED) is 0.351. The predicted octanol–water partition coefficient (Wildman–Crippen LogP) is 5.46. The molecule has 1 aliphatic heterocycles. The van der Waals surface area contributed by atoms with Gasteiger partial charge in [-0.15, -0.1) is 0 Å². The highest BCUT2D eigenvalue weighted by Crippen LogP contribution is 2.37. The number of hydrogen-bond acceptors (Lipinski definition) is 7. The number of methoxy groups -OCH3 is 1. The van der Waals surface area contributed by atoms with Crippen molar-refractivity contribution in [3.8, 4) is 17.4 Å². The standard InChI is InChI=1S/C28H27N5O3/c1-3-27(34)33-13-7-8-19(17-33)22-14-23-24(15-25(22)35-2)30-18-31-28(23)32-20-11-12-26(29-16-20)36-21-9-5-4-6-10-21/h3-6,9-12,14-16,18-19H,1,7-8,13,17H2,2H3,(H,30,31,32)/t19-/m1/s1. The van der Waals surface area contributed by atoms with Crippen molar-refractivity contribution in [2.45, 2.75) is 18.8 Å². The molecular weight excluding hydrogens is 454 g/mol. The van der Waals surface area contributed by atoms with Crippen molar-refractivity contribution in [3.63, 3.8) is 0 Å². The van der Waals surface area contributed by atoms with Gasteiger partial charge in [0, 0.05) is 36.5 Å². The van der Waals surface area contributed by atoms with Crippen LogP contribution in [-0.4, -0.2) is 46.0 Å². The summed E-state index contributed by atoms with van der Waals surface area (Å²) in [5, 5.41) is 4.22. The van der Waals surface area contributed by atoms with E-state index in [1.165, 1.54) is 12.4 Å². The van der Waals surface area contributed by atoms with Gasteiger partial charge in [-0.2, -0.15) is 0 Å². The summed E-state index contributed by atoms with van der Waals surface area (Å²) >= 11 is 0. The number of carbonyl (C=O) groups excluding carboxylic acids is 1. The van der Waals surface area contributed by atoms with Crippen molar-refractivity contribution >= 4 is 28.3 Å². The highest BCUT2D eigenvalue weighted by atomic mass is 16.5. The molecule has 0 bridgehead atoms. The van der Waals surface area contributed by atoms with Gasteiger partial charge in [-0.25, -0.2) is 15.0 Å². The fourth-order valence-electron chi connectivity index (χ4n) is 4.52. The zero-order valence-electron chi connectivity index (χ0n) is 20.1. The van der Waals surface area contributed by atoms with E-state index in [0.29, 0.717) is 18.2 Å². The van der Waals surface area contributed by atoms with Gasteiger partial charge in [-0.05, 0) is 48.7 Å². The maximum Gasteiger partial charge on any atom is 0.245 e. The normalized spacial score (nSPS) is 15.4. The van der Waals surface area contributed by atoms with Crippen LogP contribution in [0.4, 0.5) is 11.5 Å². The summed E-state index contributed by atoms with van der Waals surface area (Å²) in [6, 6.07) is 17.2. The van der Waals surface area contributed by atoms with Gasteiger partial charge < -0.3 is 19.7 Å². The predicted molar refractivity (Wildman–Crippen MR) is 139 cm³/mol. The van der Waals surface area contributed by atoms with Crippen molar-refractivity contribution < 1.29 is 14.3 Å². The number of rotatable bonds is 7. The maximum atomic E-state index is 12.2. The van der Waals surface area contributed by atoms with Crippen LogP contribution in [0.25, 0.3) is 10.9 Å². The first-order chi connectivity index (χ1) is 17.6. The molecule has 0 aliphatic carbocycles. The van der Waals surface area contributed by atoms with Gasteiger partial charge in [0.05, 0.1) is 24.5 Å². The van der Waals surface area contributed by atoms with Gasteiger partial charge in [0.25, 0.3) is 0 Å². The highest BCUT2D eigenvalue weighted by molar-refractivity contribution is 5.92. The molecule has 0 radical (unpaired) electrons. The van der Waals surface area contributed by atoms with Crippen LogP contribution in [0.1, 0.15) is 24.3 Å². The van der Waals surface area contributed by atoms with Crippen LogP contribution in [0.5, 0.6) is 17.4 Å². The number of hydrogen-bond donors (Lipinski definition) is 1. The van der Waals surface area contributed by atoms with Crippen LogP contribution in [0.2, 0.25) is 0 Å². The second-order valence-corrected chi connectivity index (χ2v) is 8.59. The molecule has 8 nitrogen and oxygen atoms in total. The molecule has 36 heavy (non-hydrogen) atoms. The lowest BCUT2D eigenvalue weighted by Gasteiger charge is -2.33. The van der Waals surface area contributed by atoms with Crippen LogP contribution in [0.15, 0.2) is 79.8 Å². The Morgan fingerprint density at radius 1 is 1.14 bits per heavy atom. The lowest BCUT2D eigenvalue weighted by atomic mass is 9.89. The molecule has 1 atom stereocenters. The molecule has 1 amide bonds. The first-order valence-corrected chi connectivity index (χ1v) is 11.8. The highest BCUT2D eigenvalue weighted by Gasteiger charge is 2.26. The minimum atomic E-state index is -0.0441. The lowest BCUT2D eigenvalue weighted by molar-refractivity contribution is -0.127. The number of para-hydroxylation sites is 1. The first-order valence-electron chi connectivity index (χ1n) is 11.8. The number of carbonyl (C=O) groups is 1. The molecule has 1 saturated heterocycles. The molecule has 0 unspecified atom stereocenters. The molecule has 0 saturated carbocycles. The molecule has 2 aromatic heterocycles. The average molecular weight is 482 g/mol. The topological polar surface area (TPSA) is 89.5 Å². The molecule has 1 N–H and O–H groups in total. The van der Waals surface area contributed by atoms with E-state index in [1.807, 2.05) is 47.4 Å². The van der Waals surface area contributed by atoms with Gasteiger partial charge in [0.2, 0.25) is 11.8 Å². The number of anilines is 2. The first kappa shape index (κ1) is 23.3. The molecule has 0 spiro atoms. The minimum Gasteiger partial charge on any atom is -0.496 e. The molecular formula is C28H27N5O3. The van der Waals surface area contributed by atoms with Crippen LogP contribution in [0, 0.1) is 0 Å². The number of likely N-dealkylation sites (tertiary alicyclic amines) is 1. The molecule has 1 aliphatic rings. The lowest BCUT2D eigenvalue weighted by Crippen LogP contribution is -2.38.